The van der Waals surface area contributed by atoms with E-state index >= 15 is 0 Å². The quantitative estimate of drug-likeness (QED) is 0.574. The third-order valence-corrected chi connectivity index (χ3v) is 5.37. The Morgan fingerprint density at radius 2 is 2.00 bits per heavy atom. The maximum Gasteiger partial charge on any atom is 0.124 e. The van der Waals surface area contributed by atoms with Gasteiger partial charge in [-0.05, 0) is 33.4 Å². The Balaban J connectivity index is 1.94. The molecule has 0 aliphatic carbocycles. The molecule has 3 aromatic rings. The van der Waals surface area contributed by atoms with Crippen molar-refractivity contribution in [2.24, 2.45) is 0 Å². The van der Waals surface area contributed by atoms with E-state index in [0.717, 1.165) is 25.1 Å². The van der Waals surface area contributed by atoms with Crippen LogP contribution in [0.3, 0.4) is 0 Å². The van der Waals surface area contributed by atoms with Gasteiger partial charge in [-0.1, -0.05) is 41.6 Å². The van der Waals surface area contributed by atoms with Gasteiger partial charge in [0.1, 0.15) is 9.63 Å². The fourth-order valence-corrected chi connectivity index (χ4v) is 3.82. The molecule has 0 aliphatic heterocycles. The van der Waals surface area contributed by atoms with Gasteiger partial charge in [-0.2, -0.15) is 0 Å². The smallest absolute Gasteiger partial charge is 0.124 e. The lowest BCUT2D eigenvalue weighted by atomic mass is 10.2. The van der Waals surface area contributed by atoms with Crippen LogP contribution in [-0.2, 0) is 0 Å². The van der Waals surface area contributed by atoms with Crippen molar-refractivity contribution >= 4 is 50.6 Å². The first kappa shape index (κ1) is 14.1. The number of aromatic nitrogens is 2. The van der Waals surface area contributed by atoms with Crippen molar-refractivity contribution in [3.8, 4) is 10.4 Å². The molecular formula is C14H8BrClN2S2. The summed E-state index contributed by atoms with van der Waals surface area (Å²) < 4.78 is 0.722. The van der Waals surface area contributed by atoms with Crippen LogP contribution in [0.2, 0.25) is 5.02 Å². The van der Waals surface area contributed by atoms with Gasteiger partial charge >= 0.3 is 0 Å². The second-order valence-electron chi connectivity index (χ2n) is 3.87. The van der Waals surface area contributed by atoms with Gasteiger partial charge in [0.2, 0.25) is 0 Å². The molecule has 0 aliphatic rings. The fraction of sp³-hybridized carbons (Fsp3) is 0. The van der Waals surface area contributed by atoms with E-state index < -0.39 is 0 Å². The highest BCUT2D eigenvalue weighted by molar-refractivity contribution is 9.10. The van der Waals surface area contributed by atoms with Crippen molar-refractivity contribution in [1.29, 1.82) is 0 Å². The predicted molar refractivity (Wildman–Crippen MR) is 88.6 cm³/mol. The van der Waals surface area contributed by atoms with Crippen molar-refractivity contribution in [2.75, 3.05) is 0 Å². The molecule has 20 heavy (non-hydrogen) atoms. The summed E-state index contributed by atoms with van der Waals surface area (Å²) in [5.41, 5.74) is 1.05. The summed E-state index contributed by atoms with van der Waals surface area (Å²) in [5, 5.41) is 3.62. The van der Waals surface area contributed by atoms with E-state index in [1.807, 2.05) is 29.6 Å². The summed E-state index contributed by atoms with van der Waals surface area (Å²) >= 11 is 13.0. The van der Waals surface area contributed by atoms with Gasteiger partial charge in [0.05, 0.1) is 17.4 Å². The number of hydrogen-bond acceptors (Lipinski definition) is 4. The molecule has 0 amide bonds. The van der Waals surface area contributed by atoms with E-state index in [1.165, 1.54) is 16.6 Å². The molecule has 2 heterocycles. The first-order valence-electron chi connectivity index (χ1n) is 5.72. The van der Waals surface area contributed by atoms with Crippen LogP contribution in [-0.4, -0.2) is 9.97 Å². The lowest BCUT2D eigenvalue weighted by Gasteiger charge is -2.07. The standard InChI is InChI=1S/C14H8BrClN2S2/c15-12-7-18-13(8-17-12)20-11-4-1-3-9(14(11)16)10-5-2-6-19-10/h1-8H. The Morgan fingerprint density at radius 3 is 2.70 bits per heavy atom. The van der Waals surface area contributed by atoms with Crippen LogP contribution >= 0.6 is 50.6 Å². The zero-order valence-corrected chi connectivity index (χ0v) is 14.1. The van der Waals surface area contributed by atoms with Gasteiger partial charge in [-0.3, -0.25) is 0 Å². The maximum absolute atomic E-state index is 6.51. The Kier molecular flexibility index (Phi) is 4.41. The number of thiophene rings is 1. The molecule has 1 aromatic carbocycles. The average Bonchev–Trinajstić information content (AvgIpc) is 2.97. The Bertz CT molecular complexity index is 715. The molecule has 0 spiro atoms. The fourth-order valence-electron chi connectivity index (χ4n) is 1.68. The Morgan fingerprint density at radius 1 is 1.10 bits per heavy atom. The number of nitrogens with zero attached hydrogens (tertiary/aromatic N) is 2. The molecule has 2 nitrogen and oxygen atoms in total. The Hall–Kier alpha value is -0.880. The topological polar surface area (TPSA) is 25.8 Å². The molecule has 100 valence electrons. The first-order chi connectivity index (χ1) is 9.74. The molecule has 0 saturated heterocycles. The zero-order valence-electron chi connectivity index (χ0n) is 10.1. The van der Waals surface area contributed by atoms with Crippen LogP contribution in [0.15, 0.2) is 62.6 Å². The van der Waals surface area contributed by atoms with Crippen LogP contribution in [0.25, 0.3) is 10.4 Å². The molecule has 0 fully saturated rings. The second-order valence-corrected chi connectivity index (χ2v) is 7.07. The van der Waals surface area contributed by atoms with Crippen LogP contribution in [0.4, 0.5) is 0 Å². The van der Waals surface area contributed by atoms with Gasteiger partial charge in [0.15, 0.2) is 0 Å². The highest BCUT2D eigenvalue weighted by atomic mass is 79.9. The summed E-state index contributed by atoms with van der Waals surface area (Å²) in [6.07, 6.45) is 3.41. The largest absolute Gasteiger partial charge is 0.245 e. The molecule has 0 radical (unpaired) electrons. The van der Waals surface area contributed by atoms with Crippen molar-refractivity contribution in [3.63, 3.8) is 0 Å². The van der Waals surface area contributed by atoms with Gasteiger partial charge in [-0.15, -0.1) is 11.3 Å². The van der Waals surface area contributed by atoms with Crippen molar-refractivity contribution in [2.45, 2.75) is 9.92 Å². The third-order valence-electron chi connectivity index (χ3n) is 2.56. The van der Waals surface area contributed by atoms with Gasteiger partial charge in [0, 0.05) is 15.3 Å². The van der Waals surface area contributed by atoms with Crippen LogP contribution in [0.1, 0.15) is 0 Å². The number of benzene rings is 1. The predicted octanol–water partition coefficient (Wildman–Crippen LogP) is 5.77. The number of halogens is 2. The van der Waals surface area contributed by atoms with Crippen molar-refractivity contribution in [1.82, 2.24) is 9.97 Å². The molecule has 0 bridgehead atoms. The molecule has 2 aromatic heterocycles. The maximum atomic E-state index is 6.51. The Labute approximate surface area is 138 Å². The summed E-state index contributed by atoms with van der Waals surface area (Å²) in [7, 11) is 0. The van der Waals surface area contributed by atoms with E-state index in [-0.39, 0.29) is 0 Å². The minimum absolute atomic E-state index is 0.722. The van der Waals surface area contributed by atoms with Crippen LogP contribution in [0.5, 0.6) is 0 Å². The molecule has 0 atom stereocenters. The zero-order chi connectivity index (χ0) is 13.9. The van der Waals surface area contributed by atoms with Crippen LogP contribution in [0, 0.1) is 0 Å². The lowest BCUT2D eigenvalue weighted by molar-refractivity contribution is 1.03. The van der Waals surface area contributed by atoms with E-state index in [1.54, 1.807) is 23.7 Å². The van der Waals surface area contributed by atoms with Crippen molar-refractivity contribution in [3.05, 3.63) is 57.7 Å². The first-order valence-corrected chi connectivity index (χ1v) is 8.58. The third kappa shape index (κ3) is 3.06. The summed E-state index contributed by atoms with van der Waals surface area (Å²) in [6.45, 7) is 0. The van der Waals surface area contributed by atoms with Gasteiger partial charge in [-0.25, -0.2) is 9.97 Å². The van der Waals surface area contributed by atoms with Gasteiger partial charge in [0.25, 0.3) is 0 Å². The lowest BCUT2D eigenvalue weighted by Crippen LogP contribution is -1.85. The molecule has 0 unspecified atom stereocenters. The number of rotatable bonds is 3. The van der Waals surface area contributed by atoms with Crippen LogP contribution < -0.4 is 0 Å². The van der Waals surface area contributed by atoms with E-state index in [2.05, 4.69) is 32.0 Å². The molecular weight excluding hydrogens is 376 g/mol. The van der Waals surface area contributed by atoms with Gasteiger partial charge < -0.3 is 0 Å². The average molecular weight is 384 g/mol. The summed E-state index contributed by atoms with van der Waals surface area (Å²) in [6, 6.07) is 10.1. The van der Waals surface area contributed by atoms with E-state index in [0.29, 0.717) is 0 Å². The minimum atomic E-state index is 0.722. The van der Waals surface area contributed by atoms with Crippen molar-refractivity contribution < 1.29 is 0 Å². The number of hydrogen-bond donors (Lipinski definition) is 0. The minimum Gasteiger partial charge on any atom is -0.245 e. The van der Waals surface area contributed by atoms with E-state index in [4.69, 9.17) is 11.6 Å². The molecule has 3 rings (SSSR count). The highest BCUT2D eigenvalue weighted by Crippen LogP contribution is 2.39. The molecule has 0 N–H and O–H groups in total. The second kappa shape index (κ2) is 6.26. The van der Waals surface area contributed by atoms with E-state index in [9.17, 15) is 0 Å². The highest BCUT2D eigenvalue weighted by Gasteiger charge is 2.10. The molecule has 0 saturated carbocycles. The normalized spacial score (nSPS) is 10.7. The molecule has 6 heteroatoms. The summed E-state index contributed by atoms with van der Waals surface area (Å²) in [5.74, 6) is 0. The SMILES string of the molecule is Clc1c(Sc2cnc(Br)cn2)cccc1-c1cccs1. The monoisotopic (exact) mass is 382 g/mol. The summed E-state index contributed by atoms with van der Waals surface area (Å²) in [4.78, 5) is 10.6.